The Labute approximate surface area is 445 Å². The Morgan fingerprint density at radius 3 is 0.875 bits per heavy atom. The monoisotopic (exact) mass is 1000 g/mol. The first-order valence-corrected chi connectivity index (χ1v) is 30.6. The molecule has 0 aliphatic heterocycles. The van der Waals surface area contributed by atoms with E-state index in [0.29, 0.717) is 19.3 Å². The fourth-order valence-electron chi connectivity index (χ4n) is 8.56. The summed E-state index contributed by atoms with van der Waals surface area (Å²) in [6.45, 7) is 6.51. The van der Waals surface area contributed by atoms with Gasteiger partial charge in [-0.1, -0.05) is 266 Å². The zero-order chi connectivity index (χ0) is 52.2. The lowest BCUT2D eigenvalue weighted by molar-refractivity contribution is -0.167. The lowest BCUT2D eigenvalue weighted by Crippen LogP contribution is -2.30. The molecule has 414 valence electrons. The van der Waals surface area contributed by atoms with Crippen LogP contribution in [0.2, 0.25) is 0 Å². The van der Waals surface area contributed by atoms with Crippen molar-refractivity contribution in [2.45, 2.75) is 303 Å². The van der Waals surface area contributed by atoms with Gasteiger partial charge in [0, 0.05) is 19.3 Å². The van der Waals surface area contributed by atoms with Crippen molar-refractivity contribution in [3.05, 3.63) is 85.1 Å². The van der Waals surface area contributed by atoms with E-state index in [9.17, 15) is 14.4 Å². The van der Waals surface area contributed by atoms with Crippen molar-refractivity contribution in [1.82, 2.24) is 0 Å². The molecule has 0 saturated heterocycles. The molecule has 0 radical (unpaired) electrons. The minimum absolute atomic E-state index is 0.0849. The van der Waals surface area contributed by atoms with Crippen LogP contribution in [-0.2, 0) is 28.6 Å². The van der Waals surface area contributed by atoms with Gasteiger partial charge in [-0.25, -0.2) is 0 Å². The van der Waals surface area contributed by atoms with E-state index >= 15 is 0 Å². The van der Waals surface area contributed by atoms with Gasteiger partial charge in [0.2, 0.25) is 0 Å². The number of carbonyl (C=O) groups excluding carboxylic acids is 3. The van der Waals surface area contributed by atoms with Crippen molar-refractivity contribution >= 4 is 17.9 Å². The molecule has 0 N–H and O–H groups in total. The second-order valence-electron chi connectivity index (χ2n) is 20.2. The zero-order valence-electron chi connectivity index (χ0n) is 47.4. The van der Waals surface area contributed by atoms with E-state index in [0.717, 1.165) is 116 Å². The molecule has 0 aromatic heterocycles. The van der Waals surface area contributed by atoms with Crippen molar-refractivity contribution in [3.8, 4) is 0 Å². The second-order valence-corrected chi connectivity index (χ2v) is 20.2. The predicted octanol–water partition coefficient (Wildman–Crippen LogP) is 20.7. The summed E-state index contributed by atoms with van der Waals surface area (Å²) in [5, 5.41) is 0. The SMILES string of the molecule is CC/C=C\C/C=C\C/C=C\C/C=C\C/C=C\CCCCCCCCCC(=O)OCC(COC(=O)CCCCCCC/C=C\C/C=C\CCCCC)OC(=O)CCCCCCCCCCCCCCCCCC. The Balaban J connectivity index is 4.38. The molecule has 1 unspecified atom stereocenters. The predicted molar refractivity (Wildman–Crippen MR) is 311 cm³/mol. The molecular formula is C66H114O6. The van der Waals surface area contributed by atoms with Crippen molar-refractivity contribution in [2.24, 2.45) is 0 Å². The van der Waals surface area contributed by atoms with Gasteiger partial charge >= 0.3 is 17.9 Å². The smallest absolute Gasteiger partial charge is 0.306 e. The van der Waals surface area contributed by atoms with E-state index in [1.165, 1.54) is 141 Å². The summed E-state index contributed by atoms with van der Waals surface area (Å²) in [4.78, 5) is 38.3. The molecule has 0 bridgehead atoms. The molecule has 0 aromatic rings. The standard InChI is InChI=1S/C66H114O6/c1-4-7-10-13-16-19-22-25-28-30-31-32-33-34-35-36-39-41-44-47-50-53-56-59-65(68)71-62-63(61-70-64(67)58-55-52-49-46-43-40-37-27-24-21-18-15-12-9-6-3)72-66(69)60-57-54-51-48-45-42-38-29-26-23-20-17-14-11-8-5-2/h7,10,16,18-19,21,25,27-28,31-32,34-35,37,63H,4-6,8-9,11-15,17,20,22-24,26,29-30,33,36,38-62H2,1-3H3/b10-7-,19-16-,21-18-,28-25-,32-31-,35-34-,37-27-. The third-order valence-corrected chi connectivity index (χ3v) is 13.1. The minimum Gasteiger partial charge on any atom is -0.462 e. The van der Waals surface area contributed by atoms with E-state index in [1.807, 2.05) is 0 Å². The van der Waals surface area contributed by atoms with Gasteiger partial charge in [0.25, 0.3) is 0 Å². The Morgan fingerprint density at radius 1 is 0.292 bits per heavy atom. The minimum atomic E-state index is -0.786. The normalized spacial score (nSPS) is 12.7. The number of esters is 3. The quantitative estimate of drug-likeness (QED) is 0.0261. The largest absolute Gasteiger partial charge is 0.462 e. The molecule has 0 aliphatic rings. The van der Waals surface area contributed by atoms with E-state index in [1.54, 1.807) is 0 Å². The highest BCUT2D eigenvalue weighted by Crippen LogP contribution is 2.16. The maximum absolute atomic E-state index is 12.9. The lowest BCUT2D eigenvalue weighted by atomic mass is 10.0. The van der Waals surface area contributed by atoms with Gasteiger partial charge in [0.15, 0.2) is 6.10 Å². The highest BCUT2D eigenvalue weighted by atomic mass is 16.6. The van der Waals surface area contributed by atoms with Crippen LogP contribution in [0.5, 0.6) is 0 Å². The Hall–Kier alpha value is -3.41. The van der Waals surface area contributed by atoms with Gasteiger partial charge in [-0.05, 0) is 96.3 Å². The van der Waals surface area contributed by atoms with E-state index in [4.69, 9.17) is 14.2 Å². The van der Waals surface area contributed by atoms with Gasteiger partial charge in [0.1, 0.15) is 13.2 Å². The molecule has 0 aliphatic carbocycles. The third-order valence-electron chi connectivity index (χ3n) is 13.1. The molecular weight excluding hydrogens is 889 g/mol. The fourth-order valence-corrected chi connectivity index (χ4v) is 8.56. The summed E-state index contributed by atoms with van der Waals surface area (Å²) in [6.07, 6.45) is 78.6. The summed E-state index contributed by atoms with van der Waals surface area (Å²) in [7, 11) is 0. The Kier molecular flexibility index (Phi) is 57.3. The van der Waals surface area contributed by atoms with Crippen LogP contribution in [-0.4, -0.2) is 37.2 Å². The van der Waals surface area contributed by atoms with Crippen LogP contribution in [0.3, 0.4) is 0 Å². The summed E-state index contributed by atoms with van der Waals surface area (Å²) in [5.74, 6) is -0.897. The first-order valence-electron chi connectivity index (χ1n) is 30.6. The first-order chi connectivity index (χ1) is 35.5. The van der Waals surface area contributed by atoms with E-state index < -0.39 is 6.10 Å². The molecule has 0 saturated carbocycles. The number of allylic oxidation sites excluding steroid dienone is 14. The van der Waals surface area contributed by atoms with Crippen LogP contribution in [0.25, 0.3) is 0 Å². The van der Waals surface area contributed by atoms with Gasteiger partial charge in [-0.3, -0.25) is 14.4 Å². The number of unbranched alkanes of at least 4 members (excludes halogenated alkanes) is 30. The van der Waals surface area contributed by atoms with Crippen LogP contribution in [0.15, 0.2) is 85.1 Å². The number of hydrogen-bond acceptors (Lipinski definition) is 6. The first kappa shape index (κ1) is 68.6. The topological polar surface area (TPSA) is 78.9 Å². The summed E-state index contributed by atoms with van der Waals surface area (Å²) in [5.41, 5.74) is 0. The zero-order valence-corrected chi connectivity index (χ0v) is 47.4. The van der Waals surface area contributed by atoms with Gasteiger partial charge < -0.3 is 14.2 Å². The maximum Gasteiger partial charge on any atom is 0.306 e. The van der Waals surface area contributed by atoms with E-state index in [-0.39, 0.29) is 31.1 Å². The van der Waals surface area contributed by atoms with Crippen LogP contribution in [0.4, 0.5) is 0 Å². The Morgan fingerprint density at radius 2 is 0.542 bits per heavy atom. The molecule has 0 amide bonds. The number of ether oxygens (including phenoxy) is 3. The van der Waals surface area contributed by atoms with Crippen molar-refractivity contribution in [3.63, 3.8) is 0 Å². The highest BCUT2D eigenvalue weighted by molar-refractivity contribution is 5.71. The fraction of sp³-hybridized carbons (Fsp3) is 0.742. The summed E-state index contributed by atoms with van der Waals surface area (Å²) in [6, 6.07) is 0. The second kappa shape index (κ2) is 60.1. The number of rotatable bonds is 55. The van der Waals surface area contributed by atoms with Crippen LogP contribution >= 0.6 is 0 Å². The van der Waals surface area contributed by atoms with Gasteiger partial charge in [-0.15, -0.1) is 0 Å². The molecule has 1 atom stereocenters. The van der Waals surface area contributed by atoms with E-state index in [2.05, 4.69) is 106 Å². The average Bonchev–Trinajstić information content (AvgIpc) is 3.38. The number of hydrogen-bond donors (Lipinski definition) is 0. The lowest BCUT2D eigenvalue weighted by Gasteiger charge is -2.18. The van der Waals surface area contributed by atoms with Crippen LogP contribution in [0, 0.1) is 0 Å². The molecule has 0 spiro atoms. The average molecular weight is 1000 g/mol. The van der Waals surface area contributed by atoms with Crippen LogP contribution in [0.1, 0.15) is 297 Å². The van der Waals surface area contributed by atoms with Gasteiger partial charge in [0.05, 0.1) is 0 Å². The molecule has 0 fully saturated rings. The molecule has 0 heterocycles. The summed E-state index contributed by atoms with van der Waals surface area (Å²) < 4.78 is 16.9. The molecule has 0 aromatic carbocycles. The molecule has 0 rings (SSSR count). The van der Waals surface area contributed by atoms with Gasteiger partial charge in [-0.2, -0.15) is 0 Å². The highest BCUT2D eigenvalue weighted by Gasteiger charge is 2.19. The van der Waals surface area contributed by atoms with Crippen LogP contribution < -0.4 is 0 Å². The summed E-state index contributed by atoms with van der Waals surface area (Å²) >= 11 is 0. The molecule has 6 nitrogen and oxygen atoms in total. The van der Waals surface area contributed by atoms with Crippen molar-refractivity contribution in [2.75, 3.05) is 13.2 Å². The molecule has 6 heteroatoms. The maximum atomic E-state index is 12.9. The van der Waals surface area contributed by atoms with Crippen molar-refractivity contribution < 1.29 is 28.6 Å². The van der Waals surface area contributed by atoms with Crippen molar-refractivity contribution in [1.29, 1.82) is 0 Å². The Bertz CT molecular complexity index is 1380. The third kappa shape index (κ3) is 57.5. The number of carbonyl (C=O) groups is 3. The molecule has 72 heavy (non-hydrogen) atoms.